The van der Waals surface area contributed by atoms with Crippen molar-refractivity contribution in [3.8, 4) is 0 Å². The van der Waals surface area contributed by atoms with E-state index in [1.165, 1.54) is 125 Å². The van der Waals surface area contributed by atoms with Gasteiger partial charge in [0.25, 0.3) is 0 Å². The first-order valence-corrected chi connectivity index (χ1v) is 13.1. The molecule has 0 aliphatic heterocycles. The quantitative estimate of drug-likeness (QED) is 0.194. The highest BCUT2D eigenvalue weighted by atomic mass is 79.9. The van der Waals surface area contributed by atoms with Gasteiger partial charge in [-0.05, 0) is 28.8 Å². The molecule has 0 fully saturated rings. The van der Waals surface area contributed by atoms with Gasteiger partial charge >= 0.3 is 0 Å². The molecule has 0 bridgehead atoms. The first-order chi connectivity index (χ1) is 12.8. The molecule has 0 radical (unpaired) electrons. The Kier molecular flexibility index (Phi) is 17.2. The summed E-state index contributed by atoms with van der Waals surface area (Å²) < 4.78 is 1.23. The molecule has 0 atom stereocenters. The van der Waals surface area contributed by atoms with Gasteiger partial charge < -0.3 is 0 Å². The van der Waals surface area contributed by atoms with Gasteiger partial charge in [-0.3, -0.25) is 0 Å². The summed E-state index contributed by atoms with van der Waals surface area (Å²) in [6, 6.07) is 0. The molecule has 0 aliphatic rings. The molecule has 1 nitrogen and oxygen atoms in total. The fourth-order valence-electron chi connectivity index (χ4n) is 3.61. The third-order valence-corrected chi connectivity index (χ3v) is 7.03. The van der Waals surface area contributed by atoms with E-state index in [1.54, 1.807) is 11.3 Å². The summed E-state index contributed by atoms with van der Waals surface area (Å²) in [5.74, 6) is 0. The molecular weight excluding hydrogens is 402 g/mol. The summed E-state index contributed by atoms with van der Waals surface area (Å²) in [6.07, 6.45) is 27.0. The molecule has 0 amide bonds. The van der Waals surface area contributed by atoms with Crippen LogP contribution < -0.4 is 0 Å². The van der Waals surface area contributed by atoms with Crippen LogP contribution in [0.5, 0.6) is 0 Å². The zero-order valence-electron chi connectivity index (χ0n) is 17.2. The molecule has 0 saturated carbocycles. The minimum absolute atomic E-state index is 1.14. The Morgan fingerprint density at radius 1 is 0.654 bits per heavy atom. The van der Waals surface area contributed by atoms with Crippen molar-refractivity contribution in [1.82, 2.24) is 4.98 Å². The van der Waals surface area contributed by atoms with Crippen molar-refractivity contribution >= 4 is 27.3 Å². The van der Waals surface area contributed by atoms with E-state index < -0.39 is 0 Å². The monoisotopic (exact) mass is 443 g/mol. The molecule has 1 rings (SSSR count). The van der Waals surface area contributed by atoms with E-state index in [-0.39, 0.29) is 0 Å². The van der Waals surface area contributed by atoms with E-state index in [0.29, 0.717) is 0 Å². The van der Waals surface area contributed by atoms with Gasteiger partial charge in [0.2, 0.25) is 0 Å². The lowest BCUT2D eigenvalue weighted by Gasteiger charge is -2.04. The molecule has 1 aromatic heterocycles. The number of rotatable bonds is 19. The maximum absolute atomic E-state index is 4.40. The summed E-state index contributed by atoms with van der Waals surface area (Å²) in [4.78, 5) is 4.40. The van der Waals surface area contributed by atoms with Gasteiger partial charge in [-0.2, -0.15) is 0 Å². The molecule has 26 heavy (non-hydrogen) atoms. The van der Waals surface area contributed by atoms with Crippen molar-refractivity contribution < 1.29 is 0 Å². The second kappa shape index (κ2) is 18.5. The van der Waals surface area contributed by atoms with Crippen LogP contribution in [-0.2, 0) is 6.42 Å². The smallest absolute Gasteiger partial charge is 0.0928 e. The molecule has 0 spiro atoms. The lowest BCUT2D eigenvalue weighted by Crippen LogP contribution is -1.87. The normalized spacial score (nSPS) is 11.3. The van der Waals surface area contributed by atoms with Crippen molar-refractivity contribution in [2.24, 2.45) is 0 Å². The van der Waals surface area contributed by atoms with E-state index in [0.717, 1.165) is 6.42 Å². The topological polar surface area (TPSA) is 12.9 Å². The summed E-state index contributed by atoms with van der Waals surface area (Å²) in [6.45, 7) is 2.30. The molecule has 0 aromatic carbocycles. The van der Waals surface area contributed by atoms with E-state index in [1.807, 2.05) is 5.51 Å². The SMILES string of the molecule is CCCCCCCCCCCCCCCCCCCCc1ncsc1Br. The number of aryl methyl sites for hydroxylation is 1. The van der Waals surface area contributed by atoms with Crippen molar-refractivity contribution in [3.63, 3.8) is 0 Å². The number of unbranched alkanes of at least 4 members (excludes halogenated alkanes) is 17. The second-order valence-corrected chi connectivity index (χ2v) is 10.0. The van der Waals surface area contributed by atoms with Crippen LogP contribution >= 0.6 is 27.3 Å². The van der Waals surface area contributed by atoms with Crippen LogP contribution in [0.1, 0.15) is 128 Å². The van der Waals surface area contributed by atoms with Gasteiger partial charge in [0, 0.05) is 0 Å². The zero-order valence-corrected chi connectivity index (χ0v) is 19.6. The fourth-order valence-corrected chi connectivity index (χ4v) is 4.73. The maximum Gasteiger partial charge on any atom is 0.0928 e. The fraction of sp³-hybridized carbons (Fsp3) is 0.870. The third-order valence-electron chi connectivity index (χ3n) is 5.36. The Labute approximate surface area is 175 Å². The van der Waals surface area contributed by atoms with Crippen molar-refractivity contribution in [2.45, 2.75) is 129 Å². The van der Waals surface area contributed by atoms with Crippen LogP contribution in [0.3, 0.4) is 0 Å². The van der Waals surface area contributed by atoms with Crippen LogP contribution in [0.25, 0.3) is 0 Å². The van der Waals surface area contributed by atoms with Crippen molar-refractivity contribution in [2.75, 3.05) is 0 Å². The molecule has 3 heteroatoms. The van der Waals surface area contributed by atoms with E-state index >= 15 is 0 Å². The summed E-state index contributed by atoms with van der Waals surface area (Å²) in [5, 5.41) is 0. The number of hydrogen-bond acceptors (Lipinski definition) is 2. The van der Waals surface area contributed by atoms with Crippen LogP contribution in [0.15, 0.2) is 9.30 Å². The second-order valence-electron chi connectivity index (χ2n) is 7.83. The van der Waals surface area contributed by atoms with Gasteiger partial charge in [0.1, 0.15) is 0 Å². The van der Waals surface area contributed by atoms with Gasteiger partial charge in [0.05, 0.1) is 15.0 Å². The maximum atomic E-state index is 4.40. The zero-order chi connectivity index (χ0) is 18.7. The Morgan fingerprint density at radius 3 is 1.38 bits per heavy atom. The van der Waals surface area contributed by atoms with Crippen LogP contribution in [0, 0.1) is 0 Å². The van der Waals surface area contributed by atoms with Gasteiger partial charge in [0.15, 0.2) is 0 Å². The van der Waals surface area contributed by atoms with Gasteiger partial charge in [-0.25, -0.2) is 4.98 Å². The van der Waals surface area contributed by atoms with E-state index in [2.05, 4.69) is 27.8 Å². The molecule has 0 aliphatic carbocycles. The lowest BCUT2D eigenvalue weighted by molar-refractivity contribution is 0.525. The molecule has 1 heterocycles. The largest absolute Gasteiger partial charge is 0.249 e. The highest BCUT2D eigenvalue weighted by Crippen LogP contribution is 2.22. The highest BCUT2D eigenvalue weighted by Gasteiger charge is 2.02. The van der Waals surface area contributed by atoms with E-state index in [4.69, 9.17) is 0 Å². The molecule has 152 valence electrons. The Morgan fingerprint density at radius 2 is 1.04 bits per heavy atom. The molecule has 0 saturated heterocycles. The summed E-state index contributed by atoms with van der Waals surface area (Å²) in [7, 11) is 0. The lowest BCUT2D eigenvalue weighted by atomic mass is 10.0. The number of aromatic nitrogens is 1. The minimum atomic E-state index is 1.14. The predicted molar refractivity (Wildman–Crippen MR) is 122 cm³/mol. The van der Waals surface area contributed by atoms with Crippen LogP contribution in [0.2, 0.25) is 0 Å². The number of hydrogen-bond donors (Lipinski definition) is 0. The Hall–Kier alpha value is 0.110. The average molecular weight is 445 g/mol. The summed E-state index contributed by atoms with van der Waals surface area (Å²) >= 11 is 5.27. The highest BCUT2D eigenvalue weighted by molar-refractivity contribution is 9.11. The summed E-state index contributed by atoms with van der Waals surface area (Å²) in [5.41, 5.74) is 3.19. The predicted octanol–water partition coefficient (Wildman–Crippen LogP) is 9.49. The van der Waals surface area contributed by atoms with Gasteiger partial charge in [-0.1, -0.05) is 116 Å². The van der Waals surface area contributed by atoms with E-state index in [9.17, 15) is 0 Å². The van der Waals surface area contributed by atoms with Gasteiger partial charge in [-0.15, -0.1) is 11.3 Å². The number of nitrogens with zero attached hydrogens (tertiary/aromatic N) is 1. The average Bonchev–Trinajstić information content (AvgIpc) is 3.05. The van der Waals surface area contributed by atoms with Crippen molar-refractivity contribution in [3.05, 3.63) is 15.0 Å². The first kappa shape index (κ1) is 24.1. The molecule has 0 unspecified atom stereocenters. The first-order valence-electron chi connectivity index (χ1n) is 11.4. The number of halogens is 1. The van der Waals surface area contributed by atoms with Crippen molar-refractivity contribution in [1.29, 1.82) is 0 Å². The Bertz CT molecular complexity index is 405. The van der Waals surface area contributed by atoms with Crippen LogP contribution in [-0.4, -0.2) is 4.98 Å². The standard InChI is InChI=1S/C23H42BrNS/c1-2-3-4-5-6-7-8-9-10-11-12-13-14-15-16-17-18-19-20-22-23(24)26-21-25-22/h21H,2-20H2,1H3. The molecule has 1 aromatic rings. The molecule has 0 N–H and O–H groups in total. The van der Waals surface area contributed by atoms with Crippen LogP contribution in [0.4, 0.5) is 0 Å². The molecular formula is C23H42BrNS. The minimum Gasteiger partial charge on any atom is -0.249 e. The third kappa shape index (κ3) is 14.2. The Balaban J connectivity index is 1.69. The number of thiazole rings is 1.